The van der Waals surface area contributed by atoms with Crippen LogP contribution < -0.4 is 0 Å². The van der Waals surface area contributed by atoms with Crippen LogP contribution in [0.5, 0.6) is 0 Å². The Kier molecular flexibility index (Phi) is 2.50. The summed E-state index contributed by atoms with van der Waals surface area (Å²) >= 11 is 0. The van der Waals surface area contributed by atoms with Gasteiger partial charge in [-0.2, -0.15) is 0 Å². The van der Waals surface area contributed by atoms with E-state index >= 15 is 0 Å². The Morgan fingerprint density at radius 1 is 1.24 bits per heavy atom. The Morgan fingerprint density at radius 3 is 2.71 bits per heavy atom. The summed E-state index contributed by atoms with van der Waals surface area (Å²) < 4.78 is 2.32. The number of aryl methyl sites for hydroxylation is 2. The number of rotatable bonds is 1. The molecule has 1 aliphatic rings. The van der Waals surface area contributed by atoms with Crippen LogP contribution >= 0.6 is 0 Å². The molecule has 1 unspecified atom stereocenters. The average molecular weight is 226 g/mol. The maximum absolute atomic E-state index is 4.79. The van der Waals surface area contributed by atoms with Crippen LogP contribution in [0.2, 0.25) is 0 Å². The molecule has 2 aromatic rings. The van der Waals surface area contributed by atoms with Crippen molar-refractivity contribution in [2.45, 2.75) is 39.2 Å². The Morgan fingerprint density at radius 2 is 2.00 bits per heavy atom. The number of nitrogens with zero attached hydrogens (tertiary/aromatic N) is 2. The number of fused-ring (bicyclic) bond motifs is 1. The highest BCUT2D eigenvalue weighted by atomic mass is 15.1. The smallest absolute Gasteiger partial charge is 0.112 e. The summed E-state index contributed by atoms with van der Waals surface area (Å²) in [5.74, 6) is 1.86. The van der Waals surface area contributed by atoms with E-state index in [0.29, 0.717) is 5.92 Å². The van der Waals surface area contributed by atoms with Crippen molar-refractivity contribution in [2.75, 3.05) is 0 Å². The first kappa shape index (κ1) is 10.6. The summed E-state index contributed by atoms with van der Waals surface area (Å²) in [6.45, 7) is 5.51. The summed E-state index contributed by atoms with van der Waals surface area (Å²) in [5, 5.41) is 0. The van der Waals surface area contributed by atoms with E-state index in [1.165, 1.54) is 29.8 Å². The zero-order chi connectivity index (χ0) is 11.8. The van der Waals surface area contributed by atoms with E-state index in [1.807, 2.05) is 0 Å². The third-order valence-electron chi connectivity index (χ3n) is 3.63. The lowest BCUT2D eigenvalue weighted by molar-refractivity contribution is 0.463. The molecule has 17 heavy (non-hydrogen) atoms. The van der Waals surface area contributed by atoms with E-state index in [9.17, 15) is 0 Å². The highest BCUT2D eigenvalue weighted by Crippen LogP contribution is 2.29. The molecule has 0 N–H and O–H groups in total. The van der Waals surface area contributed by atoms with Gasteiger partial charge >= 0.3 is 0 Å². The topological polar surface area (TPSA) is 17.8 Å². The van der Waals surface area contributed by atoms with Crippen LogP contribution in [-0.4, -0.2) is 9.55 Å². The number of hydrogen-bond acceptors (Lipinski definition) is 1. The van der Waals surface area contributed by atoms with Crippen molar-refractivity contribution >= 4 is 0 Å². The molecule has 88 valence electrons. The molecular weight excluding hydrogens is 208 g/mol. The van der Waals surface area contributed by atoms with Gasteiger partial charge in [-0.25, -0.2) is 4.98 Å². The molecule has 1 aromatic carbocycles. The van der Waals surface area contributed by atoms with Crippen molar-refractivity contribution in [3.05, 3.63) is 41.9 Å². The molecule has 2 heteroatoms. The molecule has 0 spiro atoms. The summed E-state index contributed by atoms with van der Waals surface area (Å²) in [6.07, 6.45) is 4.75. The van der Waals surface area contributed by atoms with Crippen molar-refractivity contribution in [3.63, 3.8) is 0 Å². The van der Waals surface area contributed by atoms with Crippen LogP contribution in [0.4, 0.5) is 0 Å². The first-order chi connectivity index (χ1) is 8.24. The maximum Gasteiger partial charge on any atom is 0.112 e. The molecule has 0 saturated carbocycles. The molecule has 0 radical (unpaired) electrons. The van der Waals surface area contributed by atoms with Gasteiger partial charge in [0.15, 0.2) is 0 Å². The Labute approximate surface area is 102 Å². The second-order valence-corrected chi connectivity index (χ2v) is 5.09. The minimum Gasteiger partial charge on any atom is -0.334 e. The fourth-order valence-electron chi connectivity index (χ4n) is 2.56. The minimum atomic E-state index is 0.600. The van der Waals surface area contributed by atoms with Crippen LogP contribution in [-0.2, 0) is 6.54 Å². The quantitative estimate of drug-likeness (QED) is 0.724. The third-order valence-corrected chi connectivity index (χ3v) is 3.63. The first-order valence-electron chi connectivity index (χ1n) is 6.38. The van der Waals surface area contributed by atoms with Crippen LogP contribution in [0.15, 0.2) is 30.5 Å². The van der Waals surface area contributed by atoms with E-state index < -0.39 is 0 Å². The van der Waals surface area contributed by atoms with Gasteiger partial charge in [-0.3, -0.25) is 0 Å². The maximum atomic E-state index is 4.79. The molecule has 0 aliphatic carbocycles. The zero-order valence-corrected chi connectivity index (χ0v) is 10.5. The molecule has 0 bridgehead atoms. The first-order valence-corrected chi connectivity index (χ1v) is 6.38. The van der Waals surface area contributed by atoms with Gasteiger partial charge in [0.2, 0.25) is 0 Å². The normalized spacial score (nSPS) is 19.1. The van der Waals surface area contributed by atoms with Gasteiger partial charge in [0, 0.05) is 24.2 Å². The van der Waals surface area contributed by atoms with Crippen LogP contribution in [0, 0.1) is 6.92 Å². The van der Waals surface area contributed by atoms with Gasteiger partial charge in [-0.15, -0.1) is 0 Å². The molecule has 2 heterocycles. The molecule has 1 aromatic heterocycles. The second kappa shape index (κ2) is 4.02. The summed E-state index contributed by atoms with van der Waals surface area (Å²) in [6, 6.07) is 8.62. The van der Waals surface area contributed by atoms with Crippen LogP contribution in [0.3, 0.4) is 0 Å². The van der Waals surface area contributed by atoms with Crippen molar-refractivity contribution in [1.29, 1.82) is 0 Å². The molecule has 0 saturated heterocycles. The van der Waals surface area contributed by atoms with E-state index in [-0.39, 0.29) is 0 Å². The number of benzene rings is 1. The second-order valence-electron chi connectivity index (χ2n) is 5.09. The predicted molar refractivity (Wildman–Crippen MR) is 70.0 cm³/mol. The summed E-state index contributed by atoms with van der Waals surface area (Å²) in [4.78, 5) is 4.79. The standard InChI is InChI=1S/C15H18N2/c1-11-5-7-13(8-6-11)14-10-17-9-3-4-12(2)15(17)16-14/h5-8,10,12H,3-4,9H2,1-2H3. The Hall–Kier alpha value is -1.57. The summed E-state index contributed by atoms with van der Waals surface area (Å²) in [7, 11) is 0. The Bertz CT molecular complexity index is 522. The predicted octanol–water partition coefficient (Wildman–Crippen LogP) is 3.76. The fraction of sp³-hybridized carbons (Fsp3) is 0.400. The summed E-state index contributed by atoms with van der Waals surface area (Å²) in [5.41, 5.74) is 3.64. The van der Waals surface area contributed by atoms with Crippen molar-refractivity contribution < 1.29 is 0 Å². The zero-order valence-electron chi connectivity index (χ0n) is 10.5. The highest BCUT2D eigenvalue weighted by molar-refractivity contribution is 5.59. The monoisotopic (exact) mass is 226 g/mol. The van der Waals surface area contributed by atoms with Crippen molar-refractivity contribution in [3.8, 4) is 11.3 Å². The van der Waals surface area contributed by atoms with Crippen molar-refractivity contribution in [1.82, 2.24) is 9.55 Å². The van der Waals surface area contributed by atoms with Gasteiger partial charge in [0.05, 0.1) is 5.69 Å². The number of aromatic nitrogens is 2. The van der Waals surface area contributed by atoms with Crippen LogP contribution in [0.1, 0.15) is 37.1 Å². The number of imidazole rings is 1. The highest BCUT2D eigenvalue weighted by Gasteiger charge is 2.19. The van der Waals surface area contributed by atoms with E-state index in [2.05, 4.69) is 48.9 Å². The lowest BCUT2D eigenvalue weighted by atomic mass is 10.0. The molecule has 0 amide bonds. The molecular formula is C15H18N2. The SMILES string of the molecule is Cc1ccc(-c2cn3c(n2)C(C)CCC3)cc1. The largest absolute Gasteiger partial charge is 0.334 e. The molecule has 2 nitrogen and oxygen atoms in total. The van der Waals surface area contributed by atoms with E-state index in [4.69, 9.17) is 4.98 Å². The van der Waals surface area contributed by atoms with Gasteiger partial charge < -0.3 is 4.57 Å². The van der Waals surface area contributed by atoms with E-state index in [1.54, 1.807) is 0 Å². The molecule has 1 aliphatic heterocycles. The fourth-order valence-corrected chi connectivity index (χ4v) is 2.56. The van der Waals surface area contributed by atoms with Gasteiger partial charge in [0.25, 0.3) is 0 Å². The average Bonchev–Trinajstić information content (AvgIpc) is 2.75. The van der Waals surface area contributed by atoms with Gasteiger partial charge in [0.1, 0.15) is 5.82 Å². The lowest BCUT2D eigenvalue weighted by Crippen LogP contribution is -2.12. The third kappa shape index (κ3) is 1.88. The van der Waals surface area contributed by atoms with E-state index in [0.717, 1.165) is 12.2 Å². The lowest BCUT2D eigenvalue weighted by Gasteiger charge is -2.19. The molecule has 0 fully saturated rings. The Balaban J connectivity index is 2.02. The van der Waals surface area contributed by atoms with Crippen molar-refractivity contribution in [2.24, 2.45) is 0 Å². The van der Waals surface area contributed by atoms with Crippen LogP contribution in [0.25, 0.3) is 11.3 Å². The van der Waals surface area contributed by atoms with Gasteiger partial charge in [-0.05, 0) is 19.8 Å². The minimum absolute atomic E-state index is 0.600. The molecule has 1 atom stereocenters. The number of hydrogen-bond donors (Lipinski definition) is 0. The van der Waals surface area contributed by atoms with Gasteiger partial charge in [-0.1, -0.05) is 36.8 Å². The molecule has 3 rings (SSSR count).